The zero-order chi connectivity index (χ0) is 11.9. The summed E-state index contributed by atoms with van der Waals surface area (Å²) >= 11 is 7.64. The topological polar surface area (TPSA) is 9.23 Å². The molecular formula is C14H13ClOS. The first-order valence-electron chi connectivity index (χ1n) is 5.64. The number of benzene rings is 1. The van der Waals surface area contributed by atoms with Crippen LogP contribution in [0.25, 0.3) is 0 Å². The molecule has 0 radical (unpaired) electrons. The van der Waals surface area contributed by atoms with Gasteiger partial charge in [-0.3, -0.25) is 0 Å². The van der Waals surface area contributed by atoms with Gasteiger partial charge in [0.2, 0.25) is 0 Å². The lowest BCUT2D eigenvalue weighted by Gasteiger charge is -2.21. The SMILES string of the molecule is CC1(Cc2ccc(Cl)s2)COc2ccccc21. The summed E-state index contributed by atoms with van der Waals surface area (Å²) in [6.45, 7) is 3.01. The van der Waals surface area contributed by atoms with Crippen LogP contribution in [0, 0.1) is 0 Å². The third-order valence-electron chi connectivity index (χ3n) is 3.28. The Morgan fingerprint density at radius 1 is 1.29 bits per heavy atom. The lowest BCUT2D eigenvalue weighted by atomic mass is 9.81. The second-order valence-electron chi connectivity index (χ2n) is 4.73. The first kappa shape index (κ1) is 11.1. The van der Waals surface area contributed by atoms with Gasteiger partial charge >= 0.3 is 0 Å². The van der Waals surface area contributed by atoms with E-state index in [4.69, 9.17) is 16.3 Å². The molecule has 0 saturated carbocycles. The predicted molar refractivity (Wildman–Crippen MR) is 72.3 cm³/mol. The molecule has 1 aliphatic heterocycles. The van der Waals surface area contributed by atoms with Gasteiger partial charge in [0.25, 0.3) is 0 Å². The van der Waals surface area contributed by atoms with E-state index in [9.17, 15) is 0 Å². The van der Waals surface area contributed by atoms with Gasteiger partial charge in [0.05, 0.1) is 10.9 Å². The Labute approximate surface area is 110 Å². The first-order chi connectivity index (χ1) is 8.17. The van der Waals surface area contributed by atoms with Gasteiger partial charge in [-0.05, 0) is 24.6 Å². The van der Waals surface area contributed by atoms with Crippen LogP contribution in [0.4, 0.5) is 0 Å². The molecule has 88 valence electrons. The standard InChI is InChI=1S/C14H13ClOS/c1-14(8-10-6-7-13(15)17-10)9-16-12-5-3-2-4-11(12)14/h2-7H,8-9H2,1H3. The minimum atomic E-state index is 0.0742. The molecule has 3 heteroatoms. The van der Waals surface area contributed by atoms with Gasteiger partial charge in [-0.1, -0.05) is 36.7 Å². The highest BCUT2D eigenvalue weighted by Crippen LogP contribution is 2.41. The van der Waals surface area contributed by atoms with Gasteiger partial charge in [-0.25, -0.2) is 0 Å². The summed E-state index contributed by atoms with van der Waals surface area (Å²) in [7, 11) is 0. The summed E-state index contributed by atoms with van der Waals surface area (Å²) in [6.07, 6.45) is 0.987. The van der Waals surface area contributed by atoms with Gasteiger partial charge in [-0.2, -0.15) is 0 Å². The Bertz CT molecular complexity index is 549. The Kier molecular flexibility index (Phi) is 2.64. The van der Waals surface area contributed by atoms with E-state index < -0.39 is 0 Å². The second-order valence-corrected chi connectivity index (χ2v) is 6.53. The van der Waals surface area contributed by atoms with Crippen molar-refractivity contribution in [2.75, 3.05) is 6.61 Å². The van der Waals surface area contributed by atoms with Crippen molar-refractivity contribution in [3.63, 3.8) is 0 Å². The molecule has 1 atom stereocenters. The number of fused-ring (bicyclic) bond motifs is 1. The predicted octanol–water partition coefficient (Wildman–Crippen LogP) is 4.29. The van der Waals surface area contributed by atoms with Gasteiger partial charge in [0.15, 0.2) is 0 Å². The average molecular weight is 265 g/mol. The Morgan fingerprint density at radius 3 is 2.88 bits per heavy atom. The van der Waals surface area contributed by atoms with Crippen LogP contribution in [0.1, 0.15) is 17.4 Å². The van der Waals surface area contributed by atoms with Crippen molar-refractivity contribution in [1.29, 1.82) is 0 Å². The third-order valence-corrected chi connectivity index (χ3v) is 4.51. The number of rotatable bonds is 2. The molecule has 1 unspecified atom stereocenters. The zero-order valence-corrected chi connectivity index (χ0v) is 11.1. The highest BCUT2D eigenvalue weighted by molar-refractivity contribution is 7.16. The molecule has 2 aromatic rings. The molecular weight excluding hydrogens is 252 g/mol. The van der Waals surface area contributed by atoms with E-state index in [1.807, 2.05) is 18.2 Å². The van der Waals surface area contributed by atoms with Crippen molar-refractivity contribution in [2.45, 2.75) is 18.8 Å². The minimum absolute atomic E-state index is 0.0742. The fraction of sp³-hybridized carbons (Fsp3) is 0.286. The van der Waals surface area contributed by atoms with E-state index in [1.165, 1.54) is 10.4 Å². The van der Waals surface area contributed by atoms with Gasteiger partial charge < -0.3 is 4.74 Å². The molecule has 1 aromatic heterocycles. The van der Waals surface area contributed by atoms with Crippen LogP contribution in [0.2, 0.25) is 4.34 Å². The summed E-state index contributed by atoms with van der Waals surface area (Å²) in [5.74, 6) is 1.03. The van der Waals surface area contributed by atoms with Crippen LogP contribution in [0.3, 0.4) is 0 Å². The van der Waals surface area contributed by atoms with Crippen LogP contribution in [-0.4, -0.2) is 6.61 Å². The maximum atomic E-state index is 5.98. The Balaban J connectivity index is 1.93. The van der Waals surface area contributed by atoms with Crippen molar-refractivity contribution in [2.24, 2.45) is 0 Å². The molecule has 17 heavy (non-hydrogen) atoms. The number of hydrogen-bond donors (Lipinski definition) is 0. The lowest BCUT2D eigenvalue weighted by molar-refractivity contribution is 0.277. The van der Waals surface area contributed by atoms with E-state index >= 15 is 0 Å². The molecule has 1 aliphatic rings. The molecule has 0 aliphatic carbocycles. The fourth-order valence-electron chi connectivity index (χ4n) is 2.38. The maximum absolute atomic E-state index is 5.98. The van der Waals surface area contributed by atoms with Crippen LogP contribution >= 0.6 is 22.9 Å². The number of hydrogen-bond acceptors (Lipinski definition) is 2. The highest BCUT2D eigenvalue weighted by atomic mass is 35.5. The van der Waals surface area contributed by atoms with Gasteiger partial charge in [0.1, 0.15) is 5.75 Å². The number of para-hydroxylation sites is 1. The normalized spacial score (nSPS) is 22.2. The number of ether oxygens (including phenoxy) is 1. The van der Waals surface area contributed by atoms with E-state index in [2.05, 4.69) is 25.1 Å². The summed E-state index contributed by atoms with van der Waals surface area (Å²) in [5, 5.41) is 0. The van der Waals surface area contributed by atoms with Crippen molar-refractivity contribution in [3.05, 3.63) is 51.2 Å². The third kappa shape index (κ3) is 1.96. The van der Waals surface area contributed by atoms with Gasteiger partial charge in [0, 0.05) is 15.9 Å². The average Bonchev–Trinajstić information content (AvgIpc) is 2.86. The quantitative estimate of drug-likeness (QED) is 0.786. The zero-order valence-electron chi connectivity index (χ0n) is 9.57. The molecule has 1 aromatic carbocycles. The van der Waals surface area contributed by atoms with E-state index in [-0.39, 0.29) is 5.41 Å². The van der Waals surface area contributed by atoms with E-state index in [0.717, 1.165) is 23.1 Å². The monoisotopic (exact) mass is 264 g/mol. The summed E-state index contributed by atoms with van der Waals surface area (Å²) in [5.41, 5.74) is 1.38. The molecule has 1 nitrogen and oxygen atoms in total. The smallest absolute Gasteiger partial charge is 0.123 e. The molecule has 0 fully saturated rings. The number of thiophene rings is 1. The van der Waals surface area contributed by atoms with E-state index in [1.54, 1.807) is 11.3 Å². The van der Waals surface area contributed by atoms with Crippen molar-refractivity contribution < 1.29 is 4.74 Å². The lowest BCUT2D eigenvalue weighted by Crippen LogP contribution is -2.26. The second kappa shape index (κ2) is 4.04. The van der Waals surface area contributed by atoms with Crippen LogP contribution < -0.4 is 4.74 Å². The molecule has 3 rings (SSSR count). The molecule has 0 amide bonds. The summed E-state index contributed by atoms with van der Waals surface area (Å²) < 4.78 is 6.62. The molecule has 0 N–H and O–H groups in total. The van der Waals surface area contributed by atoms with Crippen molar-refractivity contribution >= 4 is 22.9 Å². The Hall–Kier alpha value is -0.990. The molecule has 0 spiro atoms. The molecule has 0 saturated heterocycles. The van der Waals surface area contributed by atoms with Crippen LogP contribution in [0.15, 0.2) is 36.4 Å². The Morgan fingerprint density at radius 2 is 2.12 bits per heavy atom. The highest BCUT2D eigenvalue weighted by Gasteiger charge is 2.36. The largest absolute Gasteiger partial charge is 0.492 e. The van der Waals surface area contributed by atoms with E-state index in [0.29, 0.717) is 0 Å². The fourth-order valence-corrected chi connectivity index (χ4v) is 3.66. The maximum Gasteiger partial charge on any atom is 0.123 e. The van der Waals surface area contributed by atoms with Gasteiger partial charge in [-0.15, -0.1) is 11.3 Å². The summed E-state index contributed by atoms with van der Waals surface area (Å²) in [6, 6.07) is 12.4. The van der Waals surface area contributed by atoms with Crippen LogP contribution in [-0.2, 0) is 11.8 Å². The number of halogens is 1. The minimum Gasteiger partial charge on any atom is -0.492 e. The van der Waals surface area contributed by atoms with Crippen molar-refractivity contribution in [3.8, 4) is 5.75 Å². The molecule has 0 bridgehead atoms. The molecule has 2 heterocycles. The van der Waals surface area contributed by atoms with Crippen LogP contribution in [0.5, 0.6) is 5.75 Å². The van der Waals surface area contributed by atoms with Crippen molar-refractivity contribution in [1.82, 2.24) is 0 Å². The summed E-state index contributed by atoms with van der Waals surface area (Å²) in [4.78, 5) is 1.32. The first-order valence-corrected chi connectivity index (χ1v) is 6.83.